The molecule has 3 aromatic rings. The Balaban J connectivity index is 1.65. The summed E-state index contributed by atoms with van der Waals surface area (Å²) in [4.78, 5) is 29.6. The Morgan fingerprint density at radius 3 is 2.34 bits per heavy atom. The minimum atomic E-state index is -3.38. The van der Waals surface area contributed by atoms with Crippen LogP contribution in [0.3, 0.4) is 0 Å². The van der Waals surface area contributed by atoms with Crippen LogP contribution in [0.2, 0.25) is 0 Å². The predicted molar refractivity (Wildman–Crippen MR) is 133 cm³/mol. The molecule has 41 heavy (non-hydrogen) atoms. The molecule has 0 radical (unpaired) electrons. The number of aliphatic hydroxyl groups is 1. The summed E-state index contributed by atoms with van der Waals surface area (Å²) in [5.41, 5.74) is 3.13. The van der Waals surface area contributed by atoms with Crippen LogP contribution in [0.25, 0.3) is 11.3 Å². The Bertz CT molecular complexity index is 1470. The maximum atomic E-state index is 13.6. The van der Waals surface area contributed by atoms with Crippen molar-refractivity contribution in [3.05, 3.63) is 71.2 Å². The van der Waals surface area contributed by atoms with E-state index in [2.05, 4.69) is 19.8 Å². The number of hydrogen-bond acceptors (Lipinski definition) is 7. The van der Waals surface area contributed by atoms with Crippen LogP contribution in [-0.2, 0) is 15.8 Å². The SMILES string of the molecule is C[C@](O)(CNC(=O)c1ccc(OC(F)F)c(OC(F)F)c1)c1cc2c(c(-c3ccc(F)cc3)n1)OC[C@]2(C)C(N)=O. The number of fused-ring (bicyclic) bond motifs is 1. The highest BCUT2D eigenvalue weighted by Crippen LogP contribution is 2.45. The molecule has 0 spiro atoms. The number of benzene rings is 2. The summed E-state index contributed by atoms with van der Waals surface area (Å²) in [6.45, 7) is -4.43. The Kier molecular flexibility index (Phi) is 8.06. The van der Waals surface area contributed by atoms with E-state index < -0.39 is 59.9 Å². The number of aromatic nitrogens is 1. The van der Waals surface area contributed by atoms with E-state index in [0.717, 1.165) is 18.2 Å². The summed E-state index contributed by atoms with van der Waals surface area (Å²) in [5.74, 6) is -3.37. The van der Waals surface area contributed by atoms with Gasteiger partial charge in [-0.3, -0.25) is 9.59 Å². The first-order valence-electron chi connectivity index (χ1n) is 12.0. The number of carbonyl (C=O) groups excluding carboxylic acids is 2. The van der Waals surface area contributed by atoms with Crippen molar-refractivity contribution in [2.24, 2.45) is 5.73 Å². The lowest BCUT2D eigenvalue weighted by Crippen LogP contribution is -2.41. The molecular formula is C27H24F5N3O6. The predicted octanol–water partition coefficient (Wildman–Crippen LogP) is 3.86. The van der Waals surface area contributed by atoms with Gasteiger partial charge in [-0.2, -0.15) is 17.6 Å². The second kappa shape index (κ2) is 11.2. The number of amides is 2. The molecule has 0 bridgehead atoms. The molecule has 0 aliphatic carbocycles. The van der Waals surface area contributed by atoms with Gasteiger partial charge in [0.1, 0.15) is 34.9 Å². The van der Waals surface area contributed by atoms with Gasteiger partial charge < -0.3 is 30.4 Å². The summed E-state index contributed by atoms with van der Waals surface area (Å²) in [6.07, 6.45) is 0. The van der Waals surface area contributed by atoms with Crippen LogP contribution in [0, 0.1) is 5.82 Å². The number of ether oxygens (including phenoxy) is 3. The molecule has 2 heterocycles. The number of carbonyl (C=O) groups is 2. The number of alkyl halides is 4. The number of pyridine rings is 1. The van der Waals surface area contributed by atoms with Crippen molar-refractivity contribution in [1.82, 2.24) is 10.3 Å². The molecule has 218 valence electrons. The fourth-order valence-corrected chi connectivity index (χ4v) is 4.14. The first kappa shape index (κ1) is 29.5. The molecule has 0 saturated carbocycles. The number of nitrogens with two attached hydrogens (primary N) is 1. The monoisotopic (exact) mass is 581 g/mol. The molecule has 0 fully saturated rings. The number of hydrogen-bond donors (Lipinski definition) is 3. The minimum absolute atomic E-state index is 0.00347. The van der Waals surface area contributed by atoms with Crippen LogP contribution in [0.5, 0.6) is 17.2 Å². The maximum Gasteiger partial charge on any atom is 0.387 e. The lowest BCUT2D eigenvalue weighted by Gasteiger charge is -2.26. The number of primary amides is 1. The average molecular weight is 581 g/mol. The van der Waals surface area contributed by atoms with Gasteiger partial charge in [0.05, 0.1) is 12.2 Å². The van der Waals surface area contributed by atoms with Gasteiger partial charge in [0.2, 0.25) is 5.91 Å². The smallest absolute Gasteiger partial charge is 0.387 e. The first-order chi connectivity index (χ1) is 19.2. The van der Waals surface area contributed by atoms with E-state index in [1.165, 1.54) is 37.3 Å². The molecule has 2 amide bonds. The summed E-state index contributed by atoms with van der Waals surface area (Å²) in [7, 11) is 0. The summed E-state index contributed by atoms with van der Waals surface area (Å²) < 4.78 is 78.4. The maximum absolute atomic E-state index is 13.6. The summed E-state index contributed by atoms with van der Waals surface area (Å²) >= 11 is 0. The van der Waals surface area contributed by atoms with E-state index >= 15 is 0 Å². The molecule has 2 aromatic carbocycles. The quantitative estimate of drug-likeness (QED) is 0.310. The van der Waals surface area contributed by atoms with Gasteiger partial charge >= 0.3 is 13.2 Å². The van der Waals surface area contributed by atoms with Crippen LogP contribution in [0.15, 0.2) is 48.5 Å². The van der Waals surface area contributed by atoms with Crippen molar-refractivity contribution >= 4 is 11.8 Å². The second-order valence-electron chi connectivity index (χ2n) is 9.60. The van der Waals surface area contributed by atoms with Gasteiger partial charge in [-0.05, 0) is 62.4 Å². The Morgan fingerprint density at radius 2 is 1.73 bits per heavy atom. The number of nitrogens with one attached hydrogen (secondary N) is 1. The molecule has 14 heteroatoms. The molecular weight excluding hydrogens is 557 g/mol. The van der Waals surface area contributed by atoms with E-state index in [1.807, 2.05) is 0 Å². The normalized spacial score (nSPS) is 17.5. The van der Waals surface area contributed by atoms with Crippen molar-refractivity contribution in [1.29, 1.82) is 0 Å². The van der Waals surface area contributed by atoms with Crippen LogP contribution >= 0.6 is 0 Å². The van der Waals surface area contributed by atoms with Crippen LogP contribution < -0.4 is 25.3 Å². The molecule has 9 nitrogen and oxygen atoms in total. The minimum Gasteiger partial charge on any atom is -0.489 e. The van der Waals surface area contributed by atoms with Crippen molar-refractivity contribution < 1.29 is 50.9 Å². The molecule has 4 N–H and O–H groups in total. The van der Waals surface area contributed by atoms with Crippen molar-refractivity contribution in [3.8, 4) is 28.5 Å². The highest BCUT2D eigenvalue weighted by Gasteiger charge is 2.45. The third-order valence-corrected chi connectivity index (χ3v) is 6.52. The number of halogens is 5. The third-order valence-electron chi connectivity index (χ3n) is 6.52. The molecule has 0 unspecified atom stereocenters. The van der Waals surface area contributed by atoms with Crippen molar-refractivity contribution in [2.75, 3.05) is 13.2 Å². The summed E-state index contributed by atoms with van der Waals surface area (Å²) in [6, 6.07) is 9.35. The lowest BCUT2D eigenvalue weighted by molar-refractivity contribution is -0.123. The van der Waals surface area contributed by atoms with Gasteiger partial charge in [-0.1, -0.05) is 0 Å². The zero-order valence-corrected chi connectivity index (χ0v) is 21.6. The zero-order chi connectivity index (χ0) is 30.1. The lowest BCUT2D eigenvalue weighted by atomic mass is 9.82. The van der Waals surface area contributed by atoms with Gasteiger partial charge in [0.25, 0.3) is 5.91 Å². The van der Waals surface area contributed by atoms with Crippen molar-refractivity contribution in [3.63, 3.8) is 0 Å². The highest BCUT2D eigenvalue weighted by molar-refractivity contribution is 5.95. The summed E-state index contributed by atoms with van der Waals surface area (Å²) in [5, 5.41) is 13.8. The second-order valence-corrected chi connectivity index (χ2v) is 9.60. The fourth-order valence-electron chi connectivity index (χ4n) is 4.14. The topological polar surface area (TPSA) is 133 Å². The standard InChI is InChI=1S/C27H24F5N3O6/c1-26(23(33)37)12-39-21-16(26)10-19(35-20(21)13-3-6-15(28)7-4-13)27(2,38)11-34-22(36)14-5-8-17(40-24(29)30)18(9-14)41-25(31)32/h3-10,24-25,38H,11-12H2,1-2H3,(H2,33,37)(H,34,36)/t26-,27-/m0/s1. The largest absolute Gasteiger partial charge is 0.489 e. The van der Waals surface area contributed by atoms with Crippen LogP contribution in [0.4, 0.5) is 22.0 Å². The molecule has 1 aromatic heterocycles. The Morgan fingerprint density at radius 1 is 1.10 bits per heavy atom. The number of rotatable bonds is 10. The molecule has 4 rings (SSSR count). The average Bonchev–Trinajstić information content (AvgIpc) is 3.26. The van der Waals surface area contributed by atoms with Crippen LogP contribution in [0.1, 0.15) is 35.5 Å². The van der Waals surface area contributed by atoms with Crippen molar-refractivity contribution in [2.45, 2.75) is 38.1 Å². The fraction of sp³-hybridized carbons (Fsp3) is 0.296. The highest BCUT2D eigenvalue weighted by atomic mass is 19.3. The Labute approximate surface area is 230 Å². The van der Waals surface area contributed by atoms with E-state index in [1.54, 1.807) is 6.92 Å². The molecule has 0 saturated heterocycles. The molecule has 1 aliphatic heterocycles. The van der Waals surface area contributed by atoms with E-state index in [0.29, 0.717) is 11.1 Å². The van der Waals surface area contributed by atoms with E-state index in [4.69, 9.17) is 10.5 Å². The van der Waals surface area contributed by atoms with Gasteiger partial charge in [0.15, 0.2) is 11.5 Å². The zero-order valence-electron chi connectivity index (χ0n) is 21.6. The van der Waals surface area contributed by atoms with Gasteiger partial charge in [-0.25, -0.2) is 9.37 Å². The van der Waals surface area contributed by atoms with Gasteiger partial charge in [-0.15, -0.1) is 0 Å². The first-order valence-corrected chi connectivity index (χ1v) is 12.0. The molecule has 2 atom stereocenters. The Hall–Kier alpha value is -4.46. The van der Waals surface area contributed by atoms with Crippen LogP contribution in [-0.4, -0.2) is 48.3 Å². The van der Waals surface area contributed by atoms with Gasteiger partial charge in [0, 0.05) is 16.7 Å². The van der Waals surface area contributed by atoms with E-state index in [9.17, 15) is 36.6 Å². The number of nitrogens with zero attached hydrogens (tertiary/aromatic N) is 1. The third kappa shape index (κ3) is 6.16. The molecule has 1 aliphatic rings. The van der Waals surface area contributed by atoms with E-state index in [-0.39, 0.29) is 29.3 Å².